The number of likely N-dealkylation sites (N-methyl/N-ethyl adjacent to an activating group) is 1. The number of hydrogen-bond acceptors (Lipinski definition) is 5. The first kappa shape index (κ1) is 14.9. The van der Waals surface area contributed by atoms with Crippen molar-refractivity contribution in [2.24, 2.45) is 0 Å². The zero-order valence-corrected chi connectivity index (χ0v) is 12.9. The highest BCUT2D eigenvalue weighted by Crippen LogP contribution is 2.20. The van der Waals surface area contributed by atoms with Gasteiger partial charge in [-0.05, 0) is 13.0 Å². The van der Waals surface area contributed by atoms with E-state index in [0.717, 1.165) is 30.0 Å². The molecule has 0 unspecified atom stereocenters. The Kier molecular flexibility index (Phi) is 5.76. The summed E-state index contributed by atoms with van der Waals surface area (Å²) < 4.78 is 0. The van der Waals surface area contributed by atoms with Gasteiger partial charge in [0.2, 0.25) is 0 Å². The van der Waals surface area contributed by atoms with Gasteiger partial charge < -0.3 is 14.9 Å². The minimum Gasteiger partial charge on any atom is -0.391 e. The highest BCUT2D eigenvalue weighted by Gasteiger charge is 2.16. The first-order chi connectivity index (χ1) is 9.26. The van der Waals surface area contributed by atoms with E-state index >= 15 is 0 Å². The van der Waals surface area contributed by atoms with Crippen LogP contribution in [-0.2, 0) is 19.4 Å². The average molecular weight is 283 g/mol. The molecule has 1 aromatic rings. The molecule has 0 spiro atoms. The molecular formula is C14H25N3OS. The van der Waals surface area contributed by atoms with Crippen molar-refractivity contribution < 1.29 is 5.11 Å². The van der Waals surface area contributed by atoms with E-state index in [1.165, 1.54) is 37.7 Å². The Bertz CT molecular complexity index is 365. The first-order valence-electron chi connectivity index (χ1n) is 7.29. The second-order valence-corrected chi connectivity index (χ2v) is 6.18. The molecule has 1 fully saturated rings. The first-order valence-corrected chi connectivity index (χ1v) is 8.11. The maximum absolute atomic E-state index is 9.29. The molecule has 0 aliphatic carbocycles. The normalized spacial score (nSPS) is 18.1. The Hall–Kier alpha value is -0.490. The molecule has 19 heavy (non-hydrogen) atoms. The fourth-order valence-corrected chi connectivity index (χ4v) is 3.53. The third-order valence-corrected chi connectivity index (χ3v) is 5.00. The van der Waals surface area contributed by atoms with Gasteiger partial charge in [0.1, 0.15) is 0 Å². The molecule has 1 N–H and O–H groups in total. The van der Waals surface area contributed by atoms with Crippen LogP contribution in [-0.4, -0.2) is 59.2 Å². The zero-order chi connectivity index (χ0) is 13.7. The molecule has 1 aliphatic heterocycles. The highest BCUT2D eigenvalue weighted by atomic mass is 32.1. The van der Waals surface area contributed by atoms with Crippen molar-refractivity contribution in [3.63, 3.8) is 0 Å². The van der Waals surface area contributed by atoms with Crippen LogP contribution in [0.2, 0.25) is 0 Å². The van der Waals surface area contributed by atoms with Crippen molar-refractivity contribution in [2.45, 2.75) is 33.3 Å². The summed E-state index contributed by atoms with van der Waals surface area (Å²) in [7, 11) is 0. The van der Waals surface area contributed by atoms with Crippen LogP contribution in [0.3, 0.4) is 0 Å². The molecule has 108 valence electrons. The number of nitrogens with zero attached hydrogens (tertiary/aromatic N) is 3. The van der Waals surface area contributed by atoms with Gasteiger partial charge in [0.25, 0.3) is 0 Å². The number of aliphatic hydroxyl groups is 1. The van der Waals surface area contributed by atoms with Gasteiger partial charge in [-0.1, -0.05) is 13.8 Å². The van der Waals surface area contributed by atoms with E-state index in [9.17, 15) is 5.11 Å². The van der Waals surface area contributed by atoms with Crippen LogP contribution in [0.15, 0.2) is 0 Å². The van der Waals surface area contributed by atoms with Crippen LogP contribution in [0.5, 0.6) is 0 Å². The third kappa shape index (κ3) is 3.99. The molecule has 0 radical (unpaired) electrons. The summed E-state index contributed by atoms with van der Waals surface area (Å²) in [5, 5.41) is 10.5. The summed E-state index contributed by atoms with van der Waals surface area (Å²) in [6.07, 6.45) is 1.94. The number of thiazole rings is 1. The van der Waals surface area contributed by atoms with Crippen LogP contribution in [0.25, 0.3) is 0 Å². The Morgan fingerprint density at radius 2 is 1.84 bits per heavy atom. The molecule has 2 rings (SSSR count). The molecule has 1 aliphatic rings. The molecule has 4 nitrogen and oxygen atoms in total. The third-order valence-electron chi connectivity index (χ3n) is 3.86. The molecule has 0 amide bonds. The molecule has 5 heteroatoms. The van der Waals surface area contributed by atoms with Gasteiger partial charge >= 0.3 is 0 Å². The SMILES string of the molecule is CCc1nc(CCN2CCN(CC)CC2)sc1CO. The lowest BCUT2D eigenvalue weighted by atomic mass is 10.3. The van der Waals surface area contributed by atoms with Gasteiger partial charge in [0.15, 0.2) is 0 Å². The second kappa shape index (κ2) is 7.33. The number of aliphatic hydroxyl groups excluding tert-OH is 1. The van der Waals surface area contributed by atoms with E-state index in [0.29, 0.717) is 0 Å². The molecule has 0 atom stereocenters. The van der Waals surface area contributed by atoms with E-state index in [2.05, 4.69) is 28.6 Å². The topological polar surface area (TPSA) is 39.6 Å². The van der Waals surface area contributed by atoms with E-state index in [1.54, 1.807) is 11.3 Å². The van der Waals surface area contributed by atoms with Gasteiger partial charge in [-0.2, -0.15) is 0 Å². The van der Waals surface area contributed by atoms with E-state index in [4.69, 9.17) is 0 Å². The van der Waals surface area contributed by atoms with Crippen LogP contribution >= 0.6 is 11.3 Å². The number of hydrogen-bond donors (Lipinski definition) is 1. The lowest BCUT2D eigenvalue weighted by Gasteiger charge is -2.33. The Morgan fingerprint density at radius 1 is 1.16 bits per heavy atom. The second-order valence-electron chi connectivity index (χ2n) is 5.02. The summed E-state index contributed by atoms with van der Waals surface area (Å²) >= 11 is 1.68. The summed E-state index contributed by atoms with van der Waals surface area (Å²) in [6, 6.07) is 0. The fourth-order valence-electron chi connectivity index (χ4n) is 2.53. The molecule has 1 saturated heterocycles. The van der Waals surface area contributed by atoms with Crippen molar-refractivity contribution in [2.75, 3.05) is 39.3 Å². The van der Waals surface area contributed by atoms with Gasteiger partial charge in [-0.3, -0.25) is 0 Å². The van der Waals surface area contributed by atoms with Crippen LogP contribution in [0.1, 0.15) is 29.4 Å². The van der Waals surface area contributed by atoms with Gasteiger partial charge in [0.05, 0.1) is 22.2 Å². The van der Waals surface area contributed by atoms with Crippen molar-refractivity contribution in [1.29, 1.82) is 0 Å². The van der Waals surface area contributed by atoms with E-state index in [1.807, 2.05) is 0 Å². The largest absolute Gasteiger partial charge is 0.391 e. The smallest absolute Gasteiger partial charge is 0.0944 e. The van der Waals surface area contributed by atoms with Crippen molar-refractivity contribution in [3.8, 4) is 0 Å². The molecule has 1 aromatic heterocycles. The van der Waals surface area contributed by atoms with Crippen molar-refractivity contribution in [3.05, 3.63) is 15.6 Å². The number of aromatic nitrogens is 1. The molecule has 0 aromatic carbocycles. The Labute approximate surface area is 120 Å². The fraction of sp³-hybridized carbons (Fsp3) is 0.786. The summed E-state index contributed by atoms with van der Waals surface area (Å²) in [5.41, 5.74) is 1.08. The molecule has 0 saturated carbocycles. The number of piperazine rings is 1. The van der Waals surface area contributed by atoms with Crippen LogP contribution < -0.4 is 0 Å². The number of rotatable bonds is 6. The molecule has 0 bridgehead atoms. The molecule has 2 heterocycles. The van der Waals surface area contributed by atoms with E-state index in [-0.39, 0.29) is 6.61 Å². The quantitative estimate of drug-likeness (QED) is 0.856. The average Bonchev–Trinajstić information content (AvgIpc) is 2.88. The predicted octanol–water partition coefficient (Wildman–Crippen LogP) is 1.38. The summed E-state index contributed by atoms with van der Waals surface area (Å²) in [5.74, 6) is 0. The monoisotopic (exact) mass is 283 g/mol. The van der Waals surface area contributed by atoms with Crippen molar-refractivity contribution >= 4 is 11.3 Å². The van der Waals surface area contributed by atoms with Gasteiger partial charge in [-0.15, -0.1) is 11.3 Å². The lowest BCUT2D eigenvalue weighted by Crippen LogP contribution is -2.46. The van der Waals surface area contributed by atoms with Gasteiger partial charge in [0, 0.05) is 39.1 Å². The van der Waals surface area contributed by atoms with E-state index < -0.39 is 0 Å². The minimum absolute atomic E-state index is 0.135. The standard InChI is InChI=1S/C14H25N3OS/c1-3-12-13(11-18)19-14(15-12)5-6-17-9-7-16(4-2)8-10-17/h18H,3-11H2,1-2H3. The number of aryl methyl sites for hydroxylation is 1. The maximum atomic E-state index is 9.29. The van der Waals surface area contributed by atoms with Gasteiger partial charge in [-0.25, -0.2) is 4.98 Å². The highest BCUT2D eigenvalue weighted by molar-refractivity contribution is 7.11. The predicted molar refractivity (Wildman–Crippen MR) is 79.7 cm³/mol. The molecular weight excluding hydrogens is 258 g/mol. The Balaban J connectivity index is 1.81. The van der Waals surface area contributed by atoms with Crippen molar-refractivity contribution in [1.82, 2.24) is 14.8 Å². The van der Waals surface area contributed by atoms with Crippen LogP contribution in [0, 0.1) is 0 Å². The minimum atomic E-state index is 0.135. The Morgan fingerprint density at radius 3 is 2.37 bits per heavy atom. The summed E-state index contributed by atoms with van der Waals surface area (Å²) in [6.45, 7) is 11.5. The zero-order valence-electron chi connectivity index (χ0n) is 12.1. The maximum Gasteiger partial charge on any atom is 0.0944 e. The van der Waals surface area contributed by atoms with Crippen LogP contribution in [0.4, 0.5) is 0 Å². The lowest BCUT2D eigenvalue weighted by molar-refractivity contribution is 0.138. The summed E-state index contributed by atoms with van der Waals surface area (Å²) in [4.78, 5) is 10.7.